The summed E-state index contributed by atoms with van der Waals surface area (Å²) in [5, 5.41) is 0. The quantitative estimate of drug-likeness (QED) is 0.793. The lowest BCUT2D eigenvalue weighted by Gasteiger charge is -2.22. The van der Waals surface area contributed by atoms with E-state index in [2.05, 4.69) is 0 Å². The second-order valence-electron chi connectivity index (χ2n) is 6.14. The van der Waals surface area contributed by atoms with E-state index in [9.17, 15) is 13.2 Å². The Balaban J connectivity index is 1.80. The van der Waals surface area contributed by atoms with Crippen LogP contribution in [0.25, 0.3) is 0 Å². The summed E-state index contributed by atoms with van der Waals surface area (Å²) in [4.78, 5) is 13.6. The average Bonchev–Trinajstić information content (AvgIpc) is 2.87. The molecular weight excluding hydrogens is 332 g/mol. The van der Waals surface area contributed by atoms with Crippen molar-refractivity contribution in [3.8, 4) is 5.75 Å². The molecule has 1 aromatic carbocycles. The molecule has 0 unspecified atom stereocenters. The zero-order valence-corrected chi connectivity index (χ0v) is 14.7. The first-order valence-corrected chi connectivity index (χ1v) is 9.37. The molecule has 1 aromatic rings. The van der Waals surface area contributed by atoms with E-state index in [1.54, 1.807) is 23.1 Å². The van der Waals surface area contributed by atoms with Crippen LogP contribution in [0, 0.1) is 5.92 Å². The van der Waals surface area contributed by atoms with Gasteiger partial charge in [0.2, 0.25) is 15.9 Å². The number of carbonyl (C=O) groups excluding carboxylic acids is 1. The van der Waals surface area contributed by atoms with Crippen molar-refractivity contribution in [2.45, 2.75) is 17.9 Å². The largest absolute Gasteiger partial charge is 0.497 e. The van der Waals surface area contributed by atoms with Gasteiger partial charge in [-0.15, -0.1) is 0 Å². The molecule has 2 saturated heterocycles. The van der Waals surface area contributed by atoms with Crippen molar-refractivity contribution in [3.63, 3.8) is 0 Å². The van der Waals surface area contributed by atoms with Crippen LogP contribution in [0.2, 0.25) is 0 Å². The molecule has 0 bridgehead atoms. The van der Waals surface area contributed by atoms with Gasteiger partial charge in [-0.25, -0.2) is 8.42 Å². The standard InChI is InChI=1S/C16H22N2O5S/c1-12(19)17-6-7-23-16-11-18(10-13(16)9-17)24(20,21)15-5-3-4-14(8-15)22-2/h3-5,8,13,16H,6-7,9-11H2,1-2H3/t13-,16+/m0/s1. The van der Waals surface area contributed by atoms with Crippen LogP contribution >= 0.6 is 0 Å². The van der Waals surface area contributed by atoms with Gasteiger partial charge in [0.1, 0.15) is 5.75 Å². The fourth-order valence-electron chi connectivity index (χ4n) is 3.25. The van der Waals surface area contributed by atoms with Gasteiger partial charge in [0.15, 0.2) is 0 Å². The minimum absolute atomic E-state index is 0.00298. The molecule has 1 amide bonds. The Morgan fingerprint density at radius 3 is 2.79 bits per heavy atom. The number of ether oxygens (including phenoxy) is 2. The fraction of sp³-hybridized carbons (Fsp3) is 0.562. The summed E-state index contributed by atoms with van der Waals surface area (Å²) in [6.07, 6.45) is -0.172. The van der Waals surface area contributed by atoms with Crippen molar-refractivity contribution in [3.05, 3.63) is 24.3 Å². The van der Waals surface area contributed by atoms with Gasteiger partial charge in [0.05, 0.1) is 24.7 Å². The Morgan fingerprint density at radius 2 is 2.08 bits per heavy atom. The average molecular weight is 354 g/mol. The van der Waals surface area contributed by atoms with Crippen LogP contribution in [-0.4, -0.2) is 69.5 Å². The molecule has 2 atom stereocenters. The molecule has 132 valence electrons. The first-order chi connectivity index (χ1) is 11.4. The Hall–Kier alpha value is -1.64. The highest BCUT2D eigenvalue weighted by Gasteiger charge is 2.42. The molecule has 0 saturated carbocycles. The lowest BCUT2D eigenvalue weighted by molar-refractivity contribution is -0.129. The highest BCUT2D eigenvalue weighted by Crippen LogP contribution is 2.29. The van der Waals surface area contributed by atoms with Crippen LogP contribution in [0.4, 0.5) is 0 Å². The number of methoxy groups -OCH3 is 1. The number of rotatable bonds is 3. The smallest absolute Gasteiger partial charge is 0.243 e. The van der Waals surface area contributed by atoms with E-state index >= 15 is 0 Å². The summed E-state index contributed by atoms with van der Waals surface area (Å²) in [5.41, 5.74) is 0. The molecule has 2 aliphatic heterocycles. The van der Waals surface area contributed by atoms with Gasteiger partial charge < -0.3 is 14.4 Å². The normalized spacial score (nSPS) is 25.2. The van der Waals surface area contributed by atoms with Crippen molar-refractivity contribution < 1.29 is 22.7 Å². The minimum Gasteiger partial charge on any atom is -0.497 e. The van der Waals surface area contributed by atoms with E-state index in [0.717, 1.165) is 0 Å². The first kappa shape index (κ1) is 17.2. The van der Waals surface area contributed by atoms with Gasteiger partial charge in [-0.1, -0.05) is 6.07 Å². The SMILES string of the molecule is COc1cccc(S(=O)(=O)N2C[C@@H]3CN(C(C)=O)CCO[C@@H]3C2)c1. The van der Waals surface area contributed by atoms with Gasteiger partial charge in [-0.3, -0.25) is 4.79 Å². The third-order valence-electron chi connectivity index (χ3n) is 4.62. The second-order valence-corrected chi connectivity index (χ2v) is 8.07. The first-order valence-electron chi connectivity index (χ1n) is 7.93. The Morgan fingerprint density at radius 1 is 1.29 bits per heavy atom. The molecule has 0 N–H and O–H groups in total. The van der Waals surface area contributed by atoms with Gasteiger partial charge in [0, 0.05) is 45.1 Å². The van der Waals surface area contributed by atoms with E-state index in [1.807, 2.05) is 0 Å². The van der Waals surface area contributed by atoms with Crippen LogP contribution in [0.3, 0.4) is 0 Å². The number of hydrogen-bond acceptors (Lipinski definition) is 5. The number of amides is 1. The molecule has 2 fully saturated rings. The van der Waals surface area contributed by atoms with Crippen molar-refractivity contribution in [2.75, 3.05) is 39.9 Å². The van der Waals surface area contributed by atoms with Crippen molar-refractivity contribution in [2.24, 2.45) is 5.92 Å². The summed E-state index contributed by atoms with van der Waals surface area (Å²) in [6, 6.07) is 6.45. The molecule has 2 heterocycles. The zero-order valence-electron chi connectivity index (χ0n) is 13.8. The van der Waals surface area contributed by atoms with Crippen molar-refractivity contribution in [1.82, 2.24) is 9.21 Å². The highest BCUT2D eigenvalue weighted by atomic mass is 32.2. The van der Waals surface area contributed by atoms with Crippen LogP contribution in [0.1, 0.15) is 6.92 Å². The van der Waals surface area contributed by atoms with E-state index in [-0.39, 0.29) is 22.8 Å². The number of hydrogen-bond donors (Lipinski definition) is 0. The lowest BCUT2D eigenvalue weighted by atomic mass is 10.1. The predicted molar refractivity (Wildman–Crippen MR) is 87.2 cm³/mol. The zero-order chi connectivity index (χ0) is 17.3. The topological polar surface area (TPSA) is 76.2 Å². The number of nitrogens with zero attached hydrogens (tertiary/aromatic N) is 2. The van der Waals surface area contributed by atoms with Gasteiger partial charge >= 0.3 is 0 Å². The Bertz CT molecular complexity index is 721. The van der Waals surface area contributed by atoms with Crippen LogP contribution in [0.15, 0.2) is 29.2 Å². The number of carbonyl (C=O) groups is 1. The van der Waals surface area contributed by atoms with Crippen LogP contribution in [0.5, 0.6) is 5.75 Å². The van der Waals surface area contributed by atoms with Gasteiger partial charge in [0.25, 0.3) is 0 Å². The third-order valence-corrected chi connectivity index (χ3v) is 6.45. The molecule has 7 nitrogen and oxygen atoms in total. The number of benzene rings is 1. The van der Waals surface area contributed by atoms with Crippen LogP contribution < -0.4 is 4.74 Å². The molecular formula is C16H22N2O5S. The van der Waals surface area contributed by atoms with E-state index < -0.39 is 10.0 Å². The monoisotopic (exact) mass is 354 g/mol. The molecule has 0 aliphatic carbocycles. The maximum atomic E-state index is 12.9. The predicted octanol–water partition coefficient (Wildman–Crippen LogP) is 0.563. The number of fused-ring (bicyclic) bond motifs is 1. The summed E-state index contributed by atoms with van der Waals surface area (Å²) in [6.45, 7) is 3.73. The maximum Gasteiger partial charge on any atom is 0.243 e. The molecule has 0 spiro atoms. The van der Waals surface area contributed by atoms with E-state index in [0.29, 0.717) is 38.5 Å². The molecule has 2 aliphatic rings. The summed E-state index contributed by atoms with van der Waals surface area (Å²) in [7, 11) is -2.11. The molecule has 0 aromatic heterocycles. The maximum absolute atomic E-state index is 12.9. The van der Waals surface area contributed by atoms with E-state index in [1.165, 1.54) is 24.4 Å². The summed E-state index contributed by atoms with van der Waals surface area (Å²) in [5.74, 6) is 0.494. The molecule has 24 heavy (non-hydrogen) atoms. The Labute approximate surface area is 142 Å². The Kier molecular flexibility index (Phi) is 4.80. The van der Waals surface area contributed by atoms with Crippen molar-refractivity contribution in [1.29, 1.82) is 0 Å². The molecule has 0 radical (unpaired) electrons. The summed E-state index contributed by atoms with van der Waals surface area (Å²) < 4.78 is 38.1. The number of sulfonamides is 1. The third kappa shape index (κ3) is 3.26. The highest BCUT2D eigenvalue weighted by molar-refractivity contribution is 7.89. The molecule has 3 rings (SSSR count). The molecule has 8 heteroatoms. The fourth-order valence-corrected chi connectivity index (χ4v) is 4.79. The van der Waals surface area contributed by atoms with Crippen molar-refractivity contribution >= 4 is 15.9 Å². The van der Waals surface area contributed by atoms with Crippen LogP contribution in [-0.2, 0) is 19.6 Å². The van der Waals surface area contributed by atoms with E-state index in [4.69, 9.17) is 9.47 Å². The summed E-state index contributed by atoms with van der Waals surface area (Å²) >= 11 is 0. The lowest BCUT2D eigenvalue weighted by Crippen LogP contribution is -2.36. The van der Waals surface area contributed by atoms with Gasteiger partial charge in [-0.2, -0.15) is 4.31 Å². The van der Waals surface area contributed by atoms with Gasteiger partial charge in [-0.05, 0) is 12.1 Å². The minimum atomic E-state index is -3.61. The second kappa shape index (κ2) is 6.70.